The van der Waals surface area contributed by atoms with Crippen molar-refractivity contribution in [3.63, 3.8) is 0 Å². The van der Waals surface area contributed by atoms with E-state index in [0.29, 0.717) is 0 Å². The molecule has 0 saturated carbocycles. The molecule has 104 valence electrons. The average molecular weight is 331 g/mol. The van der Waals surface area contributed by atoms with Gasteiger partial charge in [-0.25, -0.2) is 0 Å². The molecule has 0 unspecified atom stereocenters. The molecule has 0 radical (unpaired) electrons. The fraction of sp³-hybridized carbons (Fsp3) is 0.278. The Hall–Kier alpha value is -1.41. The number of benzene rings is 2. The van der Waals surface area contributed by atoms with Crippen molar-refractivity contribution >= 4 is 21.7 Å². The van der Waals surface area contributed by atoms with Crippen molar-refractivity contribution in [3.05, 3.63) is 69.2 Å². The van der Waals surface area contributed by atoms with Crippen LogP contribution >= 0.6 is 15.9 Å². The van der Waals surface area contributed by atoms with Crippen molar-refractivity contribution in [1.29, 1.82) is 0 Å². The van der Waals surface area contributed by atoms with Crippen LogP contribution in [0.25, 0.3) is 0 Å². The van der Waals surface area contributed by atoms with E-state index in [1.165, 1.54) is 18.4 Å². The zero-order valence-corrected chi connectivity index (χ0v) is 13.5. The van der Waals surface area contributed by atoms with Crippen LogP contribution in [-0.2, 0) is 6.42 Å². The van der Waals surface area contributed by atoms with E-state index in [1.54, 1.807) is 0 Å². The normalized spacial score (nSPS) is 10.6. The summed E-state index contributed by atoms with van der Waals surface area (Å²) in [4.78, 5) is 12.5. The maximum Gasteiger partial charge on any atom is 0.194 e. The molecular formula is C18H19BrO. The van der Waals surface area contributed by atoms with E-state index in [-0.39, 0.29) is 5.78 Å². The molecule has 20 heavy (non-hydrogen) atoms. The van der Waals surface area contributed by atoms with E-state index in [9.17, 15) is 4.79 Å². The van der Waals surface area contributed by atoms with Gasteiger partial charge in [-0.1, -0.05) is 65.2 Å². The highest BCUT2D eigenvalue weighted by molar-refractivity contribution is 9.10. The van der Waals surface area contributed by atoms with Gasteiger partial charge in [0.05, 0.1) is 0 Å². The maximum atomic E-state index is 12.5. The van der Waals surface area contributed by atoms with Crippen LogP contribution in [-0.4, -0.2) is 5.78 Å². The van der Waals surface area contributed by atoms with Crippen molar-refractivity contribution in [2.24, 2.45) is 0 Å². The van der Waals surface area contributed by atoms with E-state index in [0.717, 1.165) is 27.6 Å². The molecular weight excluding hydrogens is 312 g/mol. The molecule has 0 bridgehead atoms. The Morgan fingerprint density at radius 2 is 1.80 bits per heavy atom. The third-order valence-corrected chi connectivity index (χ3v) is 4.09. The summed E-state index contributed by atoms with van der Waals surface area (Å²) in [5.74, 6) is 0.0719. The van der Waals surface area contributed by atoms with Gasteiger partial charge in [0.2, 0.25) is 0 Å². The molecule has 1 nitrogen and oxygen atoms in total. The zero-order chi connectivity index (χ0) is 14.5. The average Bonchev–Trinajstić information content (AvgIpc) is 2.47. The summed E-state index contributed by atoms with van der Waals surface area (Å²) in [6, 6.07) is 13.8. The quantitative estimate of drug-likeness (QED) is 0.677. The SMILES string of the molecule is CCCCc1ccc(C(=O)c2cc(C)ccc2Br)cc1. The molecule has 0 amide bonds. The Balaban J connectivity index is 2.22. The monoisotopic (exact) mass is 330 g/mol. The van der Waals surface area contributed by atoms with Crippen LogP contribution in [0.1, 0.15) is 46.8 Å². The summed E-state index contributed by atoms with van der Waals surface area (Å²) in [6.45, 7) is 4.18. The van der Waals surface area contributed by atoms with Crippen LogP contribution in [0, 0.1) is 6.92 Å². The van der Waals surface area contributed by atoms with E-state index >= 15 is 0 Å². The van der Waals surface area contributed by atoms with Crippen molar-refractivity contribution in [1.82, 2.24) is 0 Å². The number of unbranched alkanes of at least 4 members (excludes halogenated alkanes) is 1. The summed E-state index contributed by atoms with van der Waals surface area (Å²) < 4.78 is 0.850. The number of hydrogen-bond acceptors (Lipinski definition) is 1. The van der Waals surface area contributed by atoms with Crippen LogP contribution < -0.4 is 0 Å². The number of ketones is 1. The first-order valence-electron chi connectivity index (χ1n) is 7.01. The third-order valence-electron chi connectivity index (χ3n) is 3.40. The molecule has 2 rings (SSSR count). The van der Waals surface area contributed by atoms with Crippen LogP contribution in [0.5, 0.6) is 0 Å². The standard InChI is InChI=1S/C18H19BrO/c1-3-4-5-14-7-9-15(10-8-14)18(20)16-12-13(2)6-11-17(16)19/h6-12H,3-5H2,1-2H3. The minimum absolute atomic E-state index is 0.0719. The van der Waals surface area contributed by atoms with Crippen LogP contribution in [0.3, 0.4) is 0 Å². The summed E-state index contributed by atoms with van der Waals surface area (Å²) in [7, 11) is 0. The molecule has 2 heteroatoms. The molecule has 0 aromatic heterocycles. The number of rotatable bonds is 5. The van der Waals surface area contributed by atoms with Gasteiger partial charge < -0.3 is 0 Å². The van der Waals surface area contributed by atoms with Gasteiger partial charge in [0.15, 0.2) is 5.78 Å². The highest BCUT2D eigenvalue weighted by Gasteiger charge is 2.12. The lowest BCUT2D eigenvalue weighted by Crippen LogP contribution is -2.03. The van der Waals surface area contributed by atoms with Crippen LogP contribution in [0.2, 0.25) is 0 Å². The van der Waals surface area contributed by atoms with Crippen LogP contribution in [0.15, 0.2) is 46.9 Å². The van der Waals surface area contributed by atoms with Crippen molar-refractivity contribution in [2.75, 3.05) is 0 Å². The van der Waals surface area contributed by atoms with Gasteiger partial charge >= 0.3 is 0 Å². The molecule has 0 N–H and O–H groups in total. The topological polar surface area (TPSA) is 17.1 Å². The molecule has 0 heterocycles. The molecule has 0 aliphatic rings. The van der Waals surface area contributed by atoms with Gasteiger partial charge in [0.1, 0.15) is 0 Å². The third kappa shape index (κ3) is 3.57. The zero-order valence-electron chi connectivity index (χ0n) is 11.9. The lowest BCUT2D eigenvalue weighted by atomic mass is 9.99. The molecule has 0 atom stereocenters. The van der Waals surface area contributed by atoms with Gasteiger partial charge in [-0.05, 0) is 37.5 Å². The summed E-state index contributed by atoms with van der Waals surface area (Å²) in [5.41, 5.74) is 3.87. The van der Waals surface area contributed by atoms with Gasteiger partial charge in [-0.2, -0.15) is 0 Å². The minimum Gasteiger partial charge on any atom is -0.289 e. The van der Waals surface area contributed by atoms with E-state index in [4.69, 9.17) is 0 Å². The number of halogens is 1. The Kier molecular flexibility index (Phi) is 5.13. The molecule has 0 saturated heterocycles. The predicted molar refractivity (Wildman–Crippen MR) is 87.4 cm³/mol. The largest absolute Gasteiger partial charge is 0.289 e. The Morgan fingerprint density at radius 3 is 2.45 bits per heavy atom. The molecule has 0 fully saturated rings. The van der Waals surface area contributed by atoms with Crippen molar-refractivity contribution in [2.45, 2.75) is 33.1 Å². The molecule has 0 spiro atoms. The van der Waals surface area contributed by atoms with Crippen molar-refractivity contribution in [3.8, 4) is 0 Å². The second kappa shape index (κ2) is 6.85. The first-order chi connectivity index (χ1) is 9.61. The maximum absolute atomic E-state index is 12.5. The van der Waals surface area contributed by atoms with E-state index in [1.807, 2.05) is 37.3 Å². The highest BCUT2D eigenvalue weighted by atomic mass is 79.9. The number of carbonyl (C=O) groups is 1. The lowest BCUT2D eigenvalue weighted by Gasteiger charge is -2.06. The van der Waals surface area contributed by atoms with Gasteiger partial charge in [0, 0.05) is 15.6 Å². The smallest absolute Gasteiger partial charge is 0.194 e. The Labute approximate surface area is 129 Å². The lowest BCUT2D eigenvalue weighted by molar-refractivity contribution is 0.103. The fourth-order valence-corrected chi connectivity index (χ4v) is 2.60. The Bertz CT molecular complexity index is 599. The van der Waals surface area contributed by atoms with E-state index in [2.05, 4.69) is 35.0 Å². The molecule has 0 aliphatic carbocycles. The second-order valence-electron chi connectivity index (χ2n) is 5.11. The number of carbonyl (C=O) groups excluding carboxylic acids is 1. The highest BCUT2D eigenvalue weighted by Crippen LogP contribution is 2.22. The number of hydrogen-bond donors (Lipinski definition) is 0. The van der Waals surface area contributed by atoms with Gasteiger partial charge in [0.25, 0.3) is 0 Å². The van der Waals surface area contributed by atoms with Crippen LogP contribution in [0.4, 0.5) is 0 Å². The number of aryl methyl sites for hydroxylation is 2. The molecule has 0 aliphatic heterocycles. The summed E-state index contributed by atoms with van der Waals surface area (Å²) >= 11 is 3.46. The summed E-state index contributed by atoms with van der Waals surface area (Å²) in [6.07, 6.45) is 3.47. The Morgan fingerprint density at radius 1 is 1.10 bits per heavy atom. The van der Waals surface area contributed by atoms with E-state index < -0.39 is 0 Å². The fourth-order valence-electron chi connectivity index (χ4n) is 2.17. The first kappa shape index (κ1) is 15.0. The predicted octanol–water partition coefficient (Wildman–Crippen LogP) is 5.33. The minimum atomic E-state index is 0.0719. The first-order valence-corrected chi connectivity index (χ1v) is 7.81. The summed E-state index contributed by atoms with van der Waals surface area (Å²) in [5, 5.41) is 0. The molecule has 2 aromatic carbocycles. The van der Waals surface area contributed by atoms with Gasteiger partial charge in [-0.15, -0.1) is 0 Å². The van der Waals surface area contributed by atoms with Gasteiger partial charge in [-0.3, -0.25) is 4.79 Å². The second-order valence-corrected chi connectivity index (χ2v) is 5.97. The molecule has 2 aromatic rings. The van der Waals surface area contributed by atoms with Crippen molar-refractivity contribution < 1.29 is 4.79 Å².